The second kappa shape index (κ2) is 7.10. The number of allylic oxidation sites excluding steroid dienone is 3. The summed E-state index contributed by atoms with van der Waals surface area (Å²) < 4.78 is 0. The molecule has 0 bridgehead atoms. The first-order chi connectivity index (χ1) is 8.81. The number of nitrogens with two attached hydrogens (primary N) is 1. The second-order valence-electron chi connectivity index (χ2n) is 5.90. The average Bonchev–Trinajstić information content (AvgIpc) is 2.46. The van der Waals surface area contributed by atoms with Crippen LogP contribution in [0.15, 0.2) is 23.3 Å². The molecule has 0 aliphatic heterocycles. The molecule has 2 heteroatoms. The zero-order valence-corrected chi connectivity index (χ0v) is 11.8. The van der Waals surface area contributed by atoms with E-state index in [1.165, 1.54) is 56.9 Å². The Morgan fingerprint density at radius 2 is 1.78 bits per heavy atom. The minimum atomic E-state index is 0.734. The molecule has 1 saturated carbocycles. The molecule has 0 aromatic heterocycles. The molecule has 3 N–H and O–H groups in total. The molecule has 1 fully saturated rings. The van der Waals surface area contributed by atoms with E-state index < -0.39 is 0 Å². The Balaban J connectivity index is 1.70. The van der Waals surface area contributed by atoms with Gasteiger partial charge in [0.2, 0.25) is 0 Å². The van der Waals surface area contributed by atoms with E-state index in [-0.39, 0.29) is 0 Å². The molecule has 2 rings (SSSR count). The predicted octanol–water partition coefficient (Wildman–Crippen LogP) is 3.15. The van der Waals surface area contributed by atoms with Crippen LogP contribution >= 0.6 is 0 Å². The van der Waals surface area contributed by atoms with Crippen molar-refractivity contribution in [2.24, 2.45) is 11.7 Å². The summed E-state index contributed by atoms with van der Waals surface area (Å²) in [7, 11) is 2.10. The Morgan fingerprint density at radius 1 is 1.11 bits per heavy atom. The third kappa shape index (κ3) is 3.96. The minimum Gasteiger partial charge on any atom is -0.327 e. The van der Waals surface area contributed by atoms with Gasteiger partial charge in [-0.05, 0) is 64.3 Å². The fourth-order valence-electron chi connectivity index (χ4n) is 3.23. The highest BCUT2D eigenvalue weighted by molar-refractivity contribution is 5.24. The Kier molecular flexibility index (Phi) is 5.45. The summed E-state index contributed by atoms with van der Waals surface area (Å²) in [5, 5.41) is 3.41. The lowest BCUT2D eigenvalue weighted by molar-refractivity contribution is 0.288. The van der Waals surface area contributed by atoms with Crippen LogP contribution in [0, 0.1) is 5.92 Å². The molecule has 0 unspecified atom stereocenters. The summed E-state index contributed by atoms with van der Waals surface area (Å²) in [6.07, 6.45) is 15.3. The second-order valence-corrected chi connectivity index (χ2v) is 5.90. The zero-order chi connectivity index (χ0) is 12.8. The topological polar surface area (TPSA) is 38.0 Å². The summed E-state index contributed by atoms with van der Waals surface area (Å²) in [5.41, 5.74) is 8.71. The standard InChI is InChI=1S/C16H28N2/c1-18-16-10-8-14(9-11-16)3-2-13-4-6-15(12-17)7-5-13/h4,6,14,16,18H,2-3,5,7-12,17H2,1H3. The first-order valence-corrected chi connectivity index (χ1v) is 7.56. The molecule has 2 aliphatic rings. The predicted molar refractivity (Wildman–Crippen MR) is 78.5 cm³/mol. The van der Waals surface area contributed by atoms with Gasteiger partial charge in [0.15, 0.2) is 0 Å². The Hall–Kier alpha value is -0.600. The van der Waals surface area contributed by atoms with Gasteiger partial charge in [0.05, 0.1) is 0 Å². The van der Waals surface area contributed by atoms with Crippen LogP contribution in [-0.2, 0) is 0 Å². The highest BCUT2D eigenvalue weighted by Crippen LogP contribution is 2.30. The molecule has 0 heterocycles. The normalized spacial score (nSPS) is 28.8. The highest BCUT2D eigenvalue weighted by atomic mass is 14.9. The fourth-order valence-corrected chi connectivity index (χ4v) is 3.23. The Labute approximate surface area is 112 Å². The van der Waals surface area contributed by atoms with E-state index in [4.69, 9.17) is 5.73 Å². The maximum atomic E-state index is 5.66. The molecule has 0 saturated heterocycles. The Morgan fingerprint density at radius 3 is 2.33 bits per heavy atom. The van der Waals surface area contributed by atoms with Crippen LogP contribution in [0.2, 0.25) is 0 Å². The van der Waals surface area contributed by atoms with Gasteiger partial charge in [0.25, 0.3) is 0 Å². The molecular formula is C16H28N2. The van der Waals surface area contributed by atoms with E-state index in [0.717, 1.165) is 18.5 Å². The first-order valence-electron chi connectivity index (χ1n) is 7.56. The van der Waals surface area contributed by atoms with Crippen LogP contribution in [0.4, 0.5) is 0 Å². The Bertz CT molecular complexity index is 309. The number of hydrogen-bond donors (Lipinski definition) is 2. The molecule has 0 aromatic carbocycles. The van der Waals surface area contributed by atoms with Gasteiger partial charge in [0, 0.05) is 12.6 Å². The van der Waals surface area contributed by atoms with E-state index in [1.54, 1.807) is 5.57 Å². The molecule has 0 aromatic rings. The minimum absolute atomic E-state index is 0.734. The highest BCUT2D eigenvalue weighted by Gasteiger charge is 2.20. The molecule has 18 heavy (non-hydrogen) atoms. The molecule has 0 amide bonds. The lowest BCUT2D eigenvalue weighted by Gasteiger charge is -2.28. The molecule has 2 aliphatic carbocycles. The van der Waals surface area contributed by atoms with E-state index in [9.17, 15) is 0 Å². The van der Waals surface area contributed by atoms with E-state index in [2.05, 4.69) is 24.5 Å². The smallest absolute Gasteiger partial charge is 0.0140 e. The van der Waals surface area contributed by atoms with Crippen LogP contribution in [0.1, 0.15) is 51.4 Å². The average molecular weight is 248 g/mol. The molecule has 0 radical (unpaired) electrons. The largest absolute Gasteiger partial charge is 0.327 e. The van der Waals surface area contributed by atoms with E-state index in [1.807, 2.05) is 0 Å². The van der Waals surface area contributed by atoms with Gasteiger partial charge in [-0.2, -0.15) is 0 Å². The monoisotopic (exact) mass is 248 g/mol. The van der Waals surface area contributed by atoms with Crippen molar-refractivity contribution in [2.45, 2.75) is 57.4 Å². The number of hydrogen-bond acceptors (Lipinski definition) is 2. The van der Waals surface area contributed by atoms with Crippen LogP contribution in [0.25, 0.3) is 0 Å². The van der Waals surface area contributed by atoms with Crippen molar-refractivity contribution >= 4 is 0 Å². The SMILES string of the molecule is CNC1CCC(CCC2=CC=C(CN)CC2)CC1. The molecular weight excluding hydrogens is 220 g/mol. The van der Waals surface area contributed by atoms with Gasteiger partial charge >= 0.3 is 0 Å². The van der Waals surface area contributed by atoms with Gasteiger partial charge in [-0.3, -0.25) is 0 Å². The van der Waals surface area contributed by atoms with E-state index >= 15 is 0 Å². The fraction of sp³-hybridized carbons (Fsp3) is 0.750. The van der Waals surface area contributed by atoms with Crippen molar-refractivity contribution in [3.8, 4) is 0 Å². The van der Waals surface area contributed by atoms with Gasteiger partial charge in [-0.15, -0.1) is 0 Å². The molecule has 2 nitrogen and oxygen atoms in total. The summed E-state index contributed by atoms with van der Waals surface area (Å²) in [4.78, 5) is 0. The quantitative estimate of drug-likeness (QED) is 0.784. The van der Waals surface area contributed by atoms with Crippen LogP contribution < -0.4 is 11.1 Å². The summed E-state index contributed by atoms with van der Waals surface area (Å²) in [5.74, 6) is 0.968. The molecule has 0 spiro atoms. The van der Waals surface area contributed by atoms with Gasteiger partial charge in [0.1, 0.15) is 0 Å². The first kappa shape index (κ1) is 13.8. The van der Waals surface area contributed by atoms with Crippen molar-refractivity contribution in [1.82, 2.24) is 5.32 Å². The van der Waals surface area contributed by atoms with Crippen LogP contribution in [0.3, 0.4) is 0 Å². The zero-order valence-electron chi connectivity index (χ0n) is 11.8. The lowest BCUT2D eigenvalue weighted by atomic mass is 9.82. The van der Waals surface area contributed by atoms with Gasteiger partial charge in [-0.25, -0.2) is 0 Å². The number of rotatable bonds is 5. The lowest BCUT2D eigenvalue weighted by Crippen LogP contribution is -2.30. The summed E-state index contributed by atoms with van der Waals surface area (Å²) in [6.45, 7) is 0.734. The van der Waals surface area contributed by atoms with Crippen LogP contribution in [-0.4, -0.2) is 19.6 Å². The maximum Gasteiger partial charge on any atom is 0.0140 e. The summed E-state index contributed by atoms with van der Waals surface area (Å²) in [6, 6.07) is 0.783. The van der Waals surface area contributed by atoms with Crippen molar-refractivity contribution in [3.05, 3.63) is 23.3 Å². The van der Waals surface area contributed by atoms with Gasteiger partial charge < -0.3 is 11.1 Å². The van der Waals surface area contributed by atoms with Crippen molar-refractivity contribution in [1.29, 1.82) is 0 Å². The van der Waals surface area contributed by atoms with Gasteiger partial charge in [-0.1, -0.05) is 23.3 Å². The third-order valence-electron chi connectivity index (χ3n) is 4.71. The number of nitrogens with one attached hydrogen (secondary N) is 1. The van der Waals surface area contributed by atoms with Crippen molar-refractivity contribution in [3.63, 3.8) is 0 Å². The maximum absolute atomic E-state index is 5.66. The van der Waals surface area contributed by atoms with Crippen LogP contribution in [0.5, 0.6) is 0 Å². The van der Waals surface area contributed by atoms with Crippen molar-refractivity contribution in [2.75, 3.05) is 13.6 Å². The summed E-state index contributed by atoms with van der Waals surface area (Å²) >= 11 is 0. The third-order valence-corrected chi connectivity index (χ3v) is 4.71. The van der Waals surface area contributed by atoms with Crippen molar-refractivity contribution < 1.29 is 0 Å². The molecule has 0 atom stereocenters. The molecule has 102 valence electrons. The van der Waals surface area contributed by atoms with E-state index in [0.29, 0.717) is 0 Å².